The van der Waals surface area contributed by atoms with E-state index in [1.165, 1.54) is 64.2 Å². The highest BCUT2D eigenvalue weighted by molar-refractivity contribution is 4.88. The molecule has 2 aliphatic carbocycles. The number of hydrogen-bond donors (Lipinski definition) is 0. The average molecular weight is 287 g/mol. The van der Waals surface area contributed by atoms with Crippen molar-refractivity contribution in [3.63, 3.8) is 0 Å². The van der Waals surface area contributed by atoms with Crippen molar-refractivity contribution < 1.29 is 0 Å². The SMILES string of the molecule is CC/C=C/C[C@H]1CC[C@H](CC[C@H]2CC[C@H](C#N)CC2)CC1. The van der Waals surface area contributed by atoms with Crippen molar-refractivity contribution in [1.82, 2.24) is 0 Å². The zero-order valence-electron chi connectivity index (χ0n) is 13.9. The van der Waals surface area contributed by atoms with Crippen LogP contribution in [0.1, 0.15) is 84.0 Å². The molecule has 0 spiro atoms. The van der Waals surface area contributed by atoms with Gasteiger partial charge in [-0.15, -0.1) is 0 Å². The summed E-state index contributed by atoms with van der Waals surface area (Å²) in [6.45, 7) is 2.22. The number of nitrogens with zero attached hydrogens (tertiary/aromatic N) is 1. The van der Waals surface area contributed by atoms with Crippen LogP contribution in [0.4, 0.5) is 0 Å². The van der Waals surface area contributed by atoms with Crippen molar-refractivity contribution in [1.29, 1.82) is 5.26 Å². The standard InChI is InChI=1S/C20H33N/c1-2-3-4-5-17-6-8-18(9-7-17)10-11-19-12-14-20(16-21)15-13-19/h3-4,17-20H,2,5-15H2,1H3/b4-3+/t17-,18-,19-,20-. The van der Waals surface area contributed by atoms with Gasteiger partial charge in [-0.2, -0.15) is 5.26 Å². The van der Waals surface area contributed by atoms with Gasteiger partial charge in [-0.05, 0) is 69.1 Å². The molecule has 0 radical (unpaired) electrons. The molecule has 1 heteroatoms. The lowest BCUT2D eigenvalue weighted by Gasteiger charge is -2.30. The van der Waals surface area contributed by atoms with Gasteiger partial charge >= 0.3 is 0 Å². The summed E-state index contributed by atoms with van der Waals surface area (Å²) in [6, 6.07) is 2.45. The van der Waals surface area contributed by atoms with Gasteiger partial charge in [0, 0.05) is 5.92 Å². The molecule has 0 atom stereocenters. The summed E-state index contributed by atoms with van der Waals surface area (Å²) in [5.74, 6) is 3.27. The molecule has 0 bridgehead atoms. The fourth-order valence-corrected chi connectivity index (χ4v) is 4.26. The summed E-state index contributed by atoms with van der Waals surface area (Å²) in [4.78, 5) is 0. The maximum atomic E-state index is 8.96. The molecule has 2 rings (SSSR count). The third kappa shape index (κ3) is 5.85. The maximum Gasteiger partial charge on any atom is 0.0655 e. The molecule has 21 heavy (non-hydrogen) atoms. The lowest BCUT2D eigenvalue weighted by Crippen LogP contribution is -2.17. The second-order valence-electron chi connectivity index (χ2n) is 7.43. The fourth-order valence-electron chi connectivity index (χ4n) is 4.26. The van der Waals surface area contributed by atoms with E-state index in [1.54, 1.807) is 0 Å². The van der Waals surface area contributed by atoms with E-state index in [1.807, 2.05) is 0 Å². The van der Waals surface area contributed by atoms with Crippen molar-refractivity contribution >= 4 is 0 Å². The number of allylic oxidation sites excluding steroid dienone is 2. The maximum absolute atomic E-state index is 8.96. The highest BCUT2D eigenvalue weighted by atomic mass is 14.3. The highest BCUT2D eigenvalue weighted by Crippen LogP contribution is 2.37. The monoisotopic (exact) mass is 287 g/mol. The summed E-state index contributed by atoms with van der Waals surface area (Å²) in [5.41, 5.74) is 0. The van der Waals surface area contributed by atoms with Crippen molar-refractivity contribution in [3.8, 4) is 6.07 Å². The molecule has 0 aromatic carbocycles. The summed E-state index contributed by atoms with van der Waals surface area (Å²) >= 11 is 0. The molecule has 0 N–H and O–H groups in total. The van der Waals surface area contributed by atoms with Crippen LogP contribution in [0.2, 0.25) is 0 Å². The van der Waals surface area contributed by atoms with Crippen molar-refractivity contribution in [2.45, 2.75) is 84.0 Å². The minimum Gasteiger partial charge on any atom is -0.198 e. The molecule has 0 amide bonds. The molecule has 118 valence electrons. The summed E-state index contributed by atoms with van der Waals surface area (Å²) in [5, 5.41) is 8.96. The normalized spacial score (nSPS) is 33.9. The Morgan fingerprint density at radius 3 is 1.86 bits per heavy atom. The third-order valence-electron chi connectivity index (χ3n) is 5.85. The van der Waals surface area contributed by atoms with E-state index in [9.17, 15) is 0 Å². The van der Waals surface area contributed by atoms with Gasteiger partial charge in [-0.3, -0.25) is 0 Å². The predicted octanol–water partition coefficient (Wildman–Crippen LogP) is 6.26. The smallest absolute Gasteiger partial charge is 0.0655 e. The molecule has 0 saturated heterocycles. The van der Waals surface area contributed by atoms with Gasteiger partial charge in [0.2, 0.25) is 0 Å². The van der Waals surface area contributed by atoms with Gasteiger partial charge in [-0.25, -0.2) is 0 Å². The van der Waals surface area contributed by atoms with Gasteiger partial charge in [0.05, 0.1) is 6.07 Å². The van der Waals surface area contributed by atoms with E-state index in [-0.39, 0.29) is 0 Å². The Kier molecular flexibility index (Phi) is 7.34. The second-order valence-corrected chi connectivity index (χ2v) is 7.43. The Bertz CT molecular complexity index is 335. The van der Waals surface area contributed by atoms with E-state index in [0.29, 0.717) is 5.92 Å². The molecule has 2 fully saturated rings. The molecular weight excluding hydrogens is 254 g/mol. The molecular formula is C20H33N. The van der Waals surface area contributed by atoms with Gasteiger partial charge in [-0.1, -0.05) is 44.8 Å². The molecule has 0 aromatic heterocycles. The lowest BCUT2D eigenvalue weighted by molar-refractivity contribution is 0.228. The number of rotatable bonds is 6. The Balaban J connectivity index is 1.57. The lowest BCUT2D eigenvalue weighted by atomic mass is 9.75. The Hall–Kier alpha value is -0.770. The van der Waals surface area contributed by atoms with Crippen LogP contribution >= 0.6 is 0 Å². The molecule has 0 aliphatic heterocycles. The van der Waals surface area contributed by atoms with Crippen LogP contribution in [0.15, 0.2) is 12.2 Å². The van der Waals surface area contributed by atoms with Crippen molar-refractivity contribution in [2.24, 2.45) is 23.7 Å². The van der Waals surface area contributed by atoms with Crippen LogP contribution in [-0.4, -0.2) is 0 Å². The molecule has 2 saturated carbocycles. The van der Waals surface area contributed by atoms with Gasteiger partial charge < -0.3 is 0 Å². The van der Waals surface area contributed by atoms with Gasteiger partial charge in [0.1, 0.15) is 0 Å². The average Bonchev–Trinajstić information content (AvgIpc) is 2.55. The third-order valence-corrected chi connectivity index (χ3v) is 5.85. The van der Waals surface area contributed by atoms with E-state index in [2.05, 4.69) is 25.1 Å². The zero-order chi connectivity index (χ0) is 14.9. The predicted molar refractivity (Wildman–Crippen MR) is 89.8 cm³/mol. The van der Waals surface area contributed by atoms with Crippen LogP contribution in [0.3, 0.4) is 0 Å². The first-order chi connectivity index (χ1) is 10.3. The van der Waals surface area contributed by atoms with Crippen molar-refractivity contribution in [2.75, 3.05) is 0 Å². The largest absolute Gasteiger partial charge is 0.198 e. The van der Waals surface area contributed by atoms with E-state index < -0.39 is 0 Å². The van der Waals surface area contributed by atoms with Crippen LogP contribution in [0.5, 0.6) is 0 Å². The Morgan fingerprint density at radius 1 is 0.810 bits per heavy atom. The van der Waals surface area contributed by atoms with Crippen LogP contribution in [-0.2, 0) is 0 Å². The highest BCUT2D eigenvalue weighted by Gasteiger charge is 2.24. The fraction of sp³-hybridized carbons (Fsp3) is 0.850. The van der Waals surface area contributed by atoms with E-state index in [0.717, 1.165) is 30.6 Å². The molecule has 0 heterocycles. The zero-order valence-corrected chi connectivity index (χ0v) is 13.9. The Labute approximate surface area is 131 Å². The van der Waals surface area contributed by atoms with Gasteiger partial charge in [0.15, 0.2) is 0 Å². The quantitative estimate of drug-likeness (QED) is 0.529. The number of nitriles is 1. The molecule has 0 unspecified atom stereocenters. The Morgan fingerprint density at radius 2 is 1.33 bits per heavy atom. The van der Waals surface area contributed by atoms with E-state index in [4.69, 9.17) is 5.26 Å². The first-order valence-corrected chi connectivity index (χ1v) is 9.36. The summed E-state index contributed by atoms with van der Waals surface area (Å²) < 4.78 is 0. The van der Waals surface area contributed by atoms with Gasteiger partial charge in [0.25, 0.3) is 0 Å². The topological polar surface area (TPSA) is 23.8 Å². The minimum atomic E-state index is 0.368. The van der Waals surface area contributed by atoms with Crippen LogP contribution < -0.4 is 0 Å². The minimum absolute atomic E-state index is 0.368. The van der Waals surface area contributed by atoms with E-state index >= 15 is 0 Å². The van der Waals surface area contributed by atoms with Crippen LogP contribution in [0.25, 0.3) is 0 Å². The second kappa shape index (κ2) is 9.29. The summed E-state index contributed by atoms with van der Waals surface area (Å²) in [6.07, 6.45) is 20.9. The molecule has 0 aromatic rings. The first-order valence-electron chi connectivity index (χ1n) is 9.36. The van der Waals surface area contributed by atoms with Crippen LogP contribution in [0, 0.1) is 35.0 Å². The first kappa shape index (κ1) is 16.6. The summed E-state index contributed by atoms with van der Waals surface area (Å²) in [7, 11) is 0. The molecule has 2 aliphatic rings. The van der Waals surface area contributed by atoms with Crippen molar-refractivity contribution in [3.05, 3.63) is 12.2 Å². The molecule has 1 nitrogen and oxygen atoms in total. The number of hydrogen-bond acceptors (Lipinski definition) is 1.